The second-order valence-electron chi connectivity index (χ2n) is 6.27. The smallest absolute Gasteiger partial charge is 0.144 e. The summed E-state index contributed by atoms with van der Waals surface area (Å²) in [7, 11) is 0. The minimum atomic E-state index is -0.587. The van der Waals surface area contributed by atoms with Gasteiger partial charge in [-0.25, -0.2) is 0 Å². The number of allylic oxidation sites excluding steroid dienone is 2. The molecule has 0 spiro atoms. The van der Waals surface area contributed by atoms with Crippen LogP contribution in [0.5, 0.6) is 0 Å². The van der Waals surface area contributed by atoms with Crippen LogP contribution >= 0.6 is 34.9 Å². The summed E-state index contributed by atoms with van der Waals surface area (Å²) in [5.74, 6) is 0.573. The summed E-state index contributed by atoms with van der Waals surface area (Å²) in [4.78, 5) is 0. The lowest BCUT2D eigenvalue weighted by molar-refractivity contribution is 0.141. The summed E-state index contributed by atoms with van der Waals surface area (Å²) in [5, 5.41) is 21.9. The van der Waals surface area contributed by atoms with Crippen molar-refractivity contribution in [2.24, 2.45) is 11.8 Å². The molecule has 1 heterocycles. The predicted molar refractivity (Wildman–Crippen MR) is 92.8 cm³/mol. The van der Waals surface area contributed by atoms with Crippen LogP contribution in [-0.4, -0.2) is 10.2 Å². The monoisotopic (exact) mass is 346 g/mol. The Morgan fingerprint density at radius 3 is 1.73 bits per heavy atom. The van der Waals surface area contributed by atoms with Crippen molar-refractivity contribution in [3.8, 4) is 0 Å². The third-order valence-electron chi connectivity index (χ3n) is 5.21. The Kier molecular flexibility index (Phi) is 2.83. The molecule has 1 aromatic heterocycles. The van der Waals surface area contributed by atoms with Gasteiger partial charge in [0.05, 0.1) is 0 Å². The van der Waals surface area contributed by atoms with E-state index in [1.54, 1.807) is 22.7 Å². The Hall–Kier alpha value is -0.850. The highest BCUT2D eigenvalue weighted by molar-refractivity contribution is 7.77. The lowest BCUT2D eigenvalue weighted by Crippen LogP contribution is -2.32. The molecule has 2 nitrogen and oxygen atoms in total. The fraction of sp³-hybridized carbons (Fsp3) is 0.353. The van der Waals surface area contributed by atoms with Gasteiger partial charge in [-0.2, -0.15) is 0 Å². The maximum absolute atomic E-state index is 10.9. The van der Waals surface area contributed by atoms with Crippen molar-refractivity contribution in [2.75, 3.05) is 0 Å². The maximum atomic E-state index is 10.9. The highest BCUT2D eigenvalue weighted by Crippen LogP contribution is 2.54. The Morgan fingerprint density at radius 2 is 1.32 bits per heavy atom. The summed E-state index contributed by atoms with van der Waals surface area (Å²) in [6.45, 7) is 0. The van der Waals surface area contributed by atoms with Crippen LogP contribution in [-0.2, 0) is 0 Å². The number of aliphatic hydroxyl groups excluding tert-OH is 2. The predicted octanol–water partition coefficient (Wildman–Crippen LogP) is 4.67. The molecule has 2 N–H and O–H groups in total. The van der Waals surface area contributed by atoms with Crippen LogP contribution in [0.2, 0.25) is 0 Å². The van der Waals surface area contributed by atoms with Crippen molar-refractivity contribution in [3.63, 3.8) is 0 Å². The molecular weight excluding hydrogens is 332 g/mol. The number of rotatable bonds is 0. The highest BCUT2D eigenvalue weighted by atomic mass is 32.2. The van der Waals surface area contributed by atoms with E-state index in [9.17, 15) is 10.2 Å². The first-order valence-corrected chi connectivity index (χ1v) is 9.53. The quantitative estimate of drug-likeness (QED) is 0.538. The average molecular weight is 346 g/mol. The Morgan fingerprint density at radius 1 is 0.864 bits per heavy atom. The average Bonchev–Trinajstić information content (AvgIpc) is 2.90. The SMILES string of the molecule is OC1C2=C(C3C=CC2CC3)C(O)c2cc3sc(=S)sc3cc21. The van der Waals surface area contributed by atoms with E-state index in [-0.39, 0.29) is 11.8 Å². The lowest BCUT2D eigenvalue weighted by atomic mass is 9.64. The fourth-order valence-corrected chi connectivity index (χ4v) is 6.79. The zero-order chi connectivity index (χ0) is 15.0. The molecule has 0 aliphatic heterocycles. The van der Waals surface area contributed by atoms with Crippen molar-refractivity contribution in [2.45, 2.75) is 25.0 Å². The number of fused-ring (bicyclic) bond motifs is 3. The zero-order valence-electron chi connectivity index (χ0n) is 11.7. The van der Waals surface area contributed by atoms with Gasteiger partial charge in [-0.3, -0.25) is 0 Å². The van der Waals surface area contributed by atoms with Gasteiger partial charge in [-0.1, -0.05) is 24.4 Å². The van der Waals surface area contributed by atoms with Gasteiger partial charge in [-0.05, 0) is 47.2 Å². The molecule has 22 heavy (non-hydrogen) atoms. The third kappa shape index (κ3) is 1.69. The normalized spacial score (nSPS) is 32.5. The molecule has 0 fully saturated rings. The third-order valence-corrected chi connectivity index (χ3v) is 7.79. The summed E-state index contributed by atoms with van der Waals surface area (Å²) in [6, 6.07) is 4.07. The minimum absolute atomic E-state index is 0.286. The minimum Gasteiger partial charge on any atom is -0.384 e. The van der Waals surface area contributed by atoms with Gasteiger partial charge in [0, 0.05) is 21.2 Å². The van der Waals surface area contributed by atoms with E-state index in [4.69, 9.17) is 12.2 Å². The molecule has 4 atom stereocenters. The molecule has 2 bridgehead atoms. The van der Waals surface area contributed by atoms with Crippen molar-refractivity contribution < 1.29 is 10.2 Å². The van der Waals surface area contributed by atoms with E-state index in [2.05, 4.69) is 12.2 Å². The van der Waals surface area contributed by atoms with Crippen LogP contribution in [0.1, 0.15) is 36.2 Å². The molecule has 5 heteroatoms. The highest BCUT2D eigenvalue weighted by Gasteiger charge is 2.42. The van der Waals surface area contributed by atoms with Crippen molar-refractivity contribution in [1.82, 2.24) is 0 Å². The summed E-state index contributed by atoms with van der Waals surface area (Å²) >= 11 is 8.45. The Bertz CT molecular complexity index is 848. The first-order chi connectivity index (χ1) is 10.6. The molecule has 0 radical (unpaired) electrons. The molecule has 0 amide bonds. The fourth-order valence-electron chi connectivity index (χ4n) is 4.25. The molecule has 112 valence electrons. The number of aliphatic hydroxyl groups is 2. The number of hydrogen-bond acceptors (Lipinski definition) is 5. The van der Waals surface area contributed by atoms with Gasteiger partial charge in [0.2, 0.25) is 0 Å². The molecule has 4 unspecified atom stereocenters. The summed E-state index contributed by atoms with van der Waals surface area (Å²) < 4.78 is 3.11. The number of benzene rings is 1. The summed E-state index contributed by atoms with van der Waals surface area (Å²) in [5.41, 5.74) is 3.83. The largest absolute Gasteiger partial charge is 0.384 e. The molecule has 6 rings (SSSR count). The van der Waals surface area contributed by atoms with E-state index in [1.165, 1.54) is 0 Å². The Labute approximate surface area is 141 Å². The second-order valence-corrected chi connectivity index (χ2v) is 9.56. The van der Waals surface area contributed by atoms with Gasteiger partial charge < -0.3 is 10.2 Å². The maximum Gasteiger partial charge on any atom is 0.144 e. The lowest BCUT2D eigenvalue weighted by Gasteiger charge is -2.43. The van der Waals surface area contributed by atoms with Gasteiger partial charge in [0.15, 0.2) is 0 Å². The van der Waals surface area contributed by atoms with Gasteiger partial charge in [0.1, 0.15) is 15.3 Å². The van der Waals surface area contributed by atoms with E-state index >= 15 is 0 Å². The second kappa shape index (κ2) is 4.58. The van der Waals surface area contributed by atoms with Gasteiger partial charge in [0.25, 0.3) is 0 Å². The van der Waals surface area contributed by atoms with Crippen LogP contribution in [0, 0.1) is 15.0 Å². The molecule has 0 saturated heterocycles. The number of hydrogen-bond donors (Lipinski definition) is 2. The molecular formula is C17H14O2S3. The van der Waals surface area contributed by atoms with Crippen LogP contribution in [0.3, 0.4) is 0 Å². The van der Waals surface area contributed by atoms with E-state index in [0.29, 0.717) is 0 Å². The van der Waals surface area contributed by atoms with Crippen LogP contribution in [0.15, 0.2) is 35.4 Å². The van der Waals surface area contributed by atoms with Crippen molar-refractivity contribution >= 4 is 44.3 Å². The van der Waals surface area contributed by atoms with Crippen LogP contribution in [0.25, 0.3) is 9.40 Å². The van der Waals surface area contributed by atoms with Crippen LogP contribution in [0.4, 0.5) is 0 Å². The van der Waals surface area contributed by atoms with Crippen molar-refractivity contribution in [3.05, 3.63) is 49.7 Å². The van der Waals surface area contributed by atoms with Gasteiger partial charge in [-0.15, -0.1) is 22.7 Å². The van der Waals surface area contributed by atoms with Gasteiger partial charge >= 0.3 is 0 Å². The first-order valence-electron chi connectivity index (χ1n) is 7.49. The zero-order valence-corrected chi connectivity index (χ0v) is 14.1. The van der Waals surface area contributed by atoms with E-state index < -0.39 is 12.2 Å². The topological polar surface area (TPSA) is 40.5 Å². The first kappa shape index (κ1) is 13.6. The molecule has 1 aromatic carbocycles. The van der Waals surface area contributed by atoms with Crippen LogP contribution < -0.4 is 0 Å². The van der Waals surface area contributed by atoms with E-state index in [1.807, 2.05) is 12.1 Å². The standard InChI is InChI=1S/C17H14O2S3/c18-15-9-5-11-12(22-17(20)21-11)6-10(9)16(19)14-8-2-1-7(3-4-8)13(14)15/h1-2,5-8,15-16,18-19H,3-4H2. The molecule has 4 aliphatic rings. The van der Waals surface area contributed by atoms with E-state index in [0.717, 1.165) is 47.7 Å². The molecule has 0 saturated carbocycles. The molecule has 4 aliphatic carbocycles. The summed E-state index contributed by atoms with van der Waals surface area (Å²) in [6.07, 6.45) is 5.41. The Balaban J connectivity index is 1.77. The molecule has 2 aromatic rings. The van der Waals surface area contributed by atoms with Crippen molar-refractivity contribution in [1.29, 1.82) is 0 Å².